The molecule has 2 rings (SSSR count). The maximum atomic E-state index is 11.7. The maximum Gasteiger partial charge on any atom is 0.251 e. The molecule has 0 radical (unpaired) electrons. The van der Waals surface area contributed by atoms with Gasteiger partial charge in [0.1, 0.15) is 0 Å². The van der Waals surface area contributed by atoms with Crippen molar-refractivity contribution < 1.29 is 9.59 Å². The number of carbonyl (C=O) groups is 2. The highest BCUT2D eigenvalue weighted by atomic mass is 79.9. The highest BCUT2D eigenvalue weighted by Crippen LogP contribution is 2.18. The second-order valence-electron chi connectivity index (χ2n) is 4.36. The fourth-order valence-corrected chi connectivity index (χ4v) is 1.89. The summed E-state index contributed by atoms with van der Waals surface area (Å²) in [6, 6.07) is 7.60. The summed E-state index contributed by atoms with van der Waals surface area (Å²) in [5.41, 5.74) is 1.68. The van der Waals surface area contributed by atoms with Crippen molar-refractivity contribution in [2.45, 2.75) is 24.2 Å². The van der Waals surface area contributed by atoms with E-state index in [1.165, 1.54) is 0 Å². The van der Waals surface area contributed by atoms with Crippen LogP contribution >= 0.6 is 15.9 Å². The van der Waals surface area contributed by atoms with Gasteiger partial charge in [-0.15, -0.1) is 0 Å². The van der Waals surface area contributed by atoms with Crippen molar-refractivity contribution in [3.63, 3.8) is 0 Å². The summed E-state index contributed by atoms with van der Waals surface area (Å²) >= 11 is 3.34. The molecule has 1 fully saturated rings. The first-order chi connectivity index (χ1) is 8.69. The summed E-state index contributed by atoms with van der Waals surface area (Å²) in [6.45, 7) is 0.0372. The molecular formula is C13H15BrN2O2. The van der Waals surface area contributed by atoms with Crippen LogP contribution in [-0.2, 0) is 10.1 Å². The number of rotatable bonds is 5. The predicted molar refractivity (Wildman–Crippen MR) is 72.6 cm³/mol. The number of nitrogens with one attached hydrogen (secondary N) is 2. The van der Waals surface area contributed by atoms with Crippen LogP contribution in [0.3, 0.4) is 0 Å². The van der Waals surface area contributed by atoms with E-state index in [0.29, 0.717) is 11.6 Å². The van der Waals surface area contributed by atoms with Crippen LogP contribution < -0.4 is 10.6 Å². The fraction of sp³-hybridized carbons (Fsp3) is 0.385. The minimum atomic E-state index is -0.220. The Labute approximate surface area is 114 Å². The Kier molecular flexibility index (Phi) is 4.36. The van der Waals surface area contributed by atoms with Crippen molar-refractivity contribution in [1.29, 1.82) is 0 Å². The molecule has 2 amide bonds. The van der Waals surface area contributed by atoms with E-state index in [4.69, 9.17) is 0 Å². The second-order valence-corrected chi connectivity index (χ2v) is 4.92. The van der Waals surface area contributed by atoms with E-state index >= 15 is 0 Å². The molecule has 1 aliphatic carbocycles. The summed E-state index contributed by atoms with van der Waals surface area (Å²) in [6.07, 6.45) is 2.10. The Balaban J connectivity index is 1.80. The molecule has 0 bridgehead atoms. The van der Waals surface area contributed by atoms with E-state index < -0.39 is 0 Å². The summed E-state index contributed by atoms with van der Waals surface area (Å²) in [4.78, 5) is 23.1. The lowest BCUT2D eigenvalue weighted by molar-refractivity contribution is -0.120. The first-order valence-electron chi connectivity index (χ1n) is 5.91. The van der Waals surface area contributed by atoms with Gasteiger partial charge in [0.2, 0.25) is 5.91 Å². The standard InChI is InChI=1S/C13H15BrN2O2/c14-7-9-1-3-10(4-2-9)13(18)15-8-12(17)16-11-5-6-11/h1-4,11H,5-8H2,(H,15,18)(H,16,17). The number of amides is 2. The first kappa shape index (κ1) is 13.1. The summed E-state index contributed by atoms with van der Waals surface area (Å²) in [5, 5.41) is 6.19. The minimum Gasteiger partial charge on any atom is -0.352 e. The van der Waals surface area contributed by atoms with Crippen LogP contribution in [0.5, 0.6) is 0 Å². The van der Waals surface area contributed by atoms with Crippen molar-refractivity contribution >= 4 is 27.7 Å². The summed E-state index contributed by atoms with van der Waals surface area (Å²) in [7, 11) is 0. The lowest BCUT2D eigenvalue weighted by Crippen LogP contribution is -2.37. The van der Waals surface area contributed by atoms with Gasteiger partial charge in [0.15, 0.2) is 0 Å². The molecule has 5 heteroatoms. The maximum absolute atomic E-state index is 11.7. The van der Waals surface area contributed by atoms with Crippen LogP contribution in [-0.4, -0.2) is 24.4 Å². The van der Waals surface area contributed by atoms with Crippen LogP contribution in [0.15, 0.2) is 24.3 Å². The zero-order chi connectivity index (χ0) is 13.0. The average Bonchev–Trinajstić information content (AvgIpc) is 3.20. The molecule has 1 saturated carbocycles. The first-order valence-corrected chi connectivity index (χ1v) is 7.03. The fourth-order valence-electron chi connectivity index (χ4n) is 1.51. The van der Waals surface area contributed by atoms with Gasteiger partial charge >= 0.3 is 0 Å². The van der Waals surface area contributed by atoms with Crippen molar-refractivity contribution in [2.24, 2.45) is 0 Å². The molecule has 4 nitrogen and oxygen atoms in total. The summed E-state index contributed by atoms with van der Waals surface area (Å²) in [5.74, 6) is -0.343. The van der Waals surface area contributed by atoms with Gasteiger partial charge < -0.3 is 10.6 Å². The predicted octanol–water partition coefficient (Wildman–Crippen LogP) is 1.59. The van der Waals surface area contributed by atoms with E-state index in [1.54, 1.807) is 12.1 Å². The number of hydrogen-bond acceptors (Lipinski definition) is 2. The molecular weight excluding hydrogens is 296 g/mol. The topological polar surface area (TPSA) is 58.2 Å². The van der Waals surface area contributed by atoms with Crippen molar-refractivity contribution in [3.05, 3.63) is 35.4 Å². The van der Waals surface area contributed by atoms with Gasteiger partial charge in [0.05, 0.1) is 6.54 Å². The monoisotopic (exact) mass is 310 g/mol. The zero-order valence-corrected chi connectivity index (χ0v) is 11.5. The Bertz CT molecular complexity index is 441. The van der Waals surface area contributed by atoms with Gasteiger partial charge in [-0.3, -0.25) is 9.59 Å². The minimum absolute atomic E-state index is 0.0372. The molecule has 96 valence electrons. The average molecular weight is 311 g/mol. The third-order valence-corrected chi connectivity index (χ3v) is 3.37. The third kappa shape index (κ3) is 3.84. The van der Waals surface area contributed by atoms with Crippen LogP contribution in [0.2, 0.25) is 0 Å². The van der Waals surface area contributed by atoms with Crippen molar-refractivity contribution in [3.8, 4) is 0 Å². The van der Waals surface area contributed by atoms with Crippen LogP contribution in [0.4, 0.5) is 0 Å². The number of hydrogen-bond donors (Lipinski definition) is 2. The molecule has 1 aromatic carbocycles. The SMILES string of the molecule is O=C(CNC(=O)c1ccc(CBr)cc1)NC1CC1. The van der Waals surface area contributed by atoms with Crippen LogP contribution in [0, 0.1) is 0 Å². The number of halogens is 1. The Hall–Kier alpha value is -1.36. The van der Waals surface area contributed by atoms with Crippen LogP contribution in [0.1, 0.15) is 28.8 Å². The molecule has 0 aliphatic heterocycles. The van der Waals surface area contributed by atoms with Gasteiger partial charge in [-0.2, -0.15) is 0 Å². The largest absolute Gasteiger partial charge is 0.352 e. The van der Waals surface area contributed by atoms with Gasteiger partial charge in [0.25, 0.3) is 5.91 Å². The van der Waals surface area contributed by atoms with Gasteiger partial charge in [-0.05, 0) is 30.5 Å². The zero-order valence-electron chi connectivity index (χ0n) is 9.91. The van der Waals surface area contributed by atoms with E-state index in [0.717, 1.165) is 23.7 Å². The third-order valence-electron chi connectivity index (χ3n) is 2.72. The molecule has 18 heavy (non-hydrogen) atoms. The molecule has 2 N–H and O–H groups in total. The Morgan fingerprint density at radius 3 is 2.44 bits per heavy atom. The molecule has 0 spiro atoms. The normalized spacial score (nSPS) is 14.1. The highest BCUT2D eigenvalue weighted by molar-refractivity contribution is 9.08. The smallest absolute Gasteiger partial charge is 0.251 e. The Morgan fingerprint density at radius 2 is 1.89 bits per heavy atom. The number of alkyl halides is 1. The van der Waals surface area contributed by atoms with E-state index in [9.17, 15) is 9.59 Å². The van der Waals surface area contributed by atoms with E-state index in [-0.39, 0.29) is 18.4 Å². The number of carbonyl (C=O) groups excluding carboxylic acids is 2. The quantitative estimate of drug-likeness (QED) is 0.811. The second kappa shape index (κ2) is 6.00. The van der Waals surface area contributed by atoms with Gasteiger partial charge in [-0.1, -0.05) is 28.1 Å². The van der Waals surface area contributed by atoms with Crippen molar-refractivity contribution in [2.75, 3.05) is 6.54 Å². The number of benzene rings is 1. The molecule has 1 aromatic rings. The molecule has 0 heterocycles. The Morgan fingerprint density at radius 1 is 1.22 bits per heavy atom. The van der Waals surface area contributed by atoms with Gasteiger partial charge in [-0.25, -0.2) is 0 Å². The highest BCUT2D eigenvalue weighted by Gasteiger charge is 2.23. The molecule has 0 atom stereocenters. The van der Waals surface area contributed by atoms with E-state index in [2.05, 4.69) is 26.6 Å². The summed E-state index contributed by atoms with van der Waals surface area (Å²) < 4.78 is 0. The molecule has 0 aromatic heterocycles. The molecule has 0 saturated heterocycles. The molecule has 1 aliphatic rings. The van der Waals surface area contributed by atoms with Gasteiger partial charge in [0, 0.05) is 16.9 Å². The lowest BCUT2D eigenvalue weighted by Gasteiger charge is -2.06. The molecule has 0 unspecified atom stereocenters. The van der Waals surface area contributed by atoms with Crippen LogP contribution in [0.25, 0.3) is 0 Å². The lowest BCUT2D eigenvalue weighted by atomic mass is 10.1. The van der Waals surface area contributed by atoms with Crippen molar-refractivity contribution in [1.82, 2.24) is 10.6 Å². The van der Waals surface area contributed by atoms with E-state index in [1.807, 2.05) is 12.1 Å².